The van der Waals surface area contributed by atoms with Crippen LogP contribution in [0, 0.1) is 0 Å². The molecule has 2 N–H and O–H groups in total. The van der Waals surface area contributed by atoms with Gasteiger partial charge in [0.25, 0.3) is 5.91 Å². The number of aryl methyl sites for hydroxylation is 1. The van der Waals surface area contributed by atoms with Gasteiger partial charge in [0.05, 0.1) is 17.1 Å². The minimum atomic E-state index is -2.68. The highest BCUT2D eigenvalue weighted by atomic mass is 19.2. The molecule has 0 radical (unpaired) electrons. The van der Waals surface area contributed by atoms with Gasteiger partial charge in [-0.25, -0.2) is 0 Å². The van der Waals surface area contributed by atoms with Crippen LogP contribution in [-0.4, -0.2) is 47.4 Å². The number of hydrogen-bond acceptors (Lipinski definition) is 4. The SMILES string of the molecule is CC(=O)CCCCCNC(=O)COc1ccc(CCC2=N/C(=C\c3ccc(-c4ccc[nH]4)n3B(F)F)C=C2)cc1. The number of aliphatic imine (C=N–C) groups is 1. The number of aromatic amines is 1. The summed E-state index contributed by atoms with van der Waals surface area (Å²) >= 11 is 0. The van der Waals surface area contributed by atoms with Crippen LogP contribution in [0.1, 0.15) is 50.3 Å². The number of nitrogens with one attached hydrogen (secondary N) is 2. The lowest BCUT2D eigenvalue weighted by Crippen LogP contribution is -2.29. The van der Waals surface area contributed by atoms with Crippen LogP contribution in [-0.2, 0) is 16.0 Å². The van der Waals surface area contributed by atoms with Gasteiger partial charge >= 0.3 is 7.40 Å². The molecule has 0 atom stereocenters. The smallest absolute Gasteiger partial charge is 0.484 e. The van der Waals surface area contributed by atoms with Crippen molar-refractivity contribution in [2.75, 3.05) is 13.2 Å². The molecule has 0 bridgehead atoms. The molecule has 3 heterocycles. The summed E-state index contributed by atoms with van der Waals surface area (Å²) in [5, 5.41) is 2.83. The van der Waals surface area contributed by atoms with Crippen LogP contribution in [0.2, 0.25) is 0 Å². The maximum atomic E-state index is 13.8. The van der Waals surface area contributed by atoms with Crippen molar-refractivity contribution in [1.82, 2.24) is 14.8 Å². The van der Waals surface area contributed by atoms with E-state index in [4.69, 9.17) is 4.74 Å². The molecule has 0 spiro atoms. The normalized spacial score (nSPS) is 13.5. The Morgan fingerprint density at radius 2 is 1.88 bits per heavy atom. The molecule has 0 fully saturated rings. The predicted octanol–water partition coefficient (Wildman–Crippen LogP) is 5.88. The van der Waals surface area contributed by atoms with E-state index in [9.17, 15) is 18.2 Å². The number of allylic oxidation sites excluding steroid dienone is 2. The van der Waals surface area contributed by atoms with Gasteiger partial charge in [0.15, 0.2) is 6.61 Å². The Morgan fingerprint density at radius 3 is 2.60 bits per heavy atom. The van der Waals surface area contributed by atoms with Crippen LogP contribution in [0.5, 0.6) is 5.75 Å². The first kappa shape index (κ1) is 28.8. The van der Waals surface area contributed by atoms with E-state index in [1.165, 1.54) is 0 Å². The van der Waals surface area contributed by atoms with Crippen LogP contribution in [0.3, 0.4) is 0 Å². The maximum absolute atomic E-state index is 13.8. The minimum Gasteiger partial charge on any atom is -0.484 e. The first-order chi connectivity index (χ1) is 19.4. The Hall–Kier alpha value is -4.21. The molecule has 0 saturated carbocycles. The molecule has 2 aromatic heterocycles. The van der Waals surface area contributed by atoms with E-state index in [1.807, 2.05) is 36.4 Å². The van der Waals surface area contributed by atoms with Crippen molar-refractivity contribution in [3.63, 3.8) is 0 Å². The van der Waals surface area contributed by atoms with Gasteiger partial charge in [0, 0.05) is 30.6 Å². The molecular formula is C30H33BF2N4O3. The summed E-state index contributed by atoms with van der Waals surface area (Å²) in [6.07, 6.45) is 11.8. The number of Topliss-reactive ketones (excluding diaryl/α,β-unsaturated/α-hetero) is 1. The van der Waals surface area contributed by atoms with Gasteiger partial charge in [-0.05, 0) is 92.8 Å². The van der Waals surface area contributed by atoms with Crippen LogP contribution in [0.15, 0.2) is 77.6 Å². The molecule has 0 aliphatic carbocycles. The molecule has 0 saturated heterocycles. The lowest BCUT2D eigenvalue weighted by atomic mass is 10.1. The van der Waals surface area contributed by atoms with Gasteiger partial charge < -0.3 is 24.3 Å². The Labute approximate surface area is 233 Å². The Kier molecular flexibility index (Phi) is 10.3. The zero-order chi connectivity index (χ0) is 28.3. The van der Waals surface area contributed by atoms with Crippen LogP contribution < -0.4 is 10.1 Å². The molecular weight excluding hydrogens is 513 g/mol. The van der Waals surface area contributed by atoms with Crippen molar-refractivity contribution in [2.24, 2.45) is 4.99 Å². The molecule has 0 unspecified atom stereocenters. The quantitative estimate of drug-likeness (QED) is 0.184. The number of rotatable bonds is 15. The van der Waals surface area contributed by atoms with Gasteiger partial charge in [0.1, 0.15) is 11.5 Å². The predicted molar refractivity (Wildman–Crippen MR) is 155 cm³/mol. The molecule has 1 amide bonds. The van der Waals surface area contributed by atoms with Crippen molar-refractivity contribution < 1.29 is 23.0 Å². The summed E-state index contributed by atoms with van der Waals surface area (Å²) in [4.78, 5) is 30.5. The number of halogens is 2. The van der Waals surface area contributed by atoms with Gasteiger partial charge in [-0.3, -0.25) is 18.4 Å². The fourth-order valence-corrected chi connectivity index (χ4v) is 4.43. The molecule has 208 valence electrons. The average Bonchev–Trinajstić information content (AvgIpc) is 3.70. The lowest BCUT2D eigenvalue weighted by Gasteiger charge is -2.08. The third kappa shape index (κ3) is 8.40. The van der Waals surface area contributed by atoms with E-state index in [0.29, 0.717) is 47.9 Å². The number of aromatic nitrogens is 2. The van der Waals surface area contributed by atoms with Crippen LogP contribution in [0.25, 0.3) is 17.5 Å². The topological polar surface area (TPSA) is 88.5 Å². The fraction of sp³-hybridized carbons (Fsp3) is 0.300. The van der Waals surface area contributed by atoms with Crippen LogP contribution >= 0.6 is 0 Å². The van der Waals surface area contributed by atoms with Gasteiger partial charge in [-0.1, -0.05) is 18.6 Å². The molecule has 4 rings (SSSR count). The monoisotopic (exact) mass is 546 g/mol. The van der Waals surface area contributed by atoms with E-state index >= 15 is 0 Å². The molecule has 1 aliphatic rings. The number of nitrogens with zero attached hydrogens (tertiary/aromatic N) is 2. The van der Waals surface area contributed by atoms with Crippen molar-refractivity contribution in [2.45, 2.75) is 45.4 Å². The van der Waals surface area contributed by atoms with Gasteiger partial charge in [0.2, 0.25) is 0 Å². The molecule has 1 aliphatic heterocycles. The average molecular weight is 546 g/mol. The van der Waals surface area contributed by atoms with Crippen molar-refractivity contribution in [3.8, 4) is 17.1 Å². The Morgan fingerprint density at radius 1 is 1.05 bits per heavy atom. The highest BCUT2D eigenvalue weighted by Gasteiger charge is 2.24. The third-order valence-corrected chi connectivity index (χ3v) is 6.52. The summed E-state index contributed by atoms with van der Waals surface area (Å²) in [6.45, 7) is 2.11. The summed E-state index contributed by atoms with van der Waals surface area (Å²) in [5.74, 6) is 0.633. The summed E-state index contributed by atoms with van der Waals surface area (Å²) in [7, 11) is -2.68. The number of amides is 1. The third-order valence-electron chi connectivity index (χ3n) is 6.52. The van der Waals surface area contributed by atoms with E-state index in [-0.39, 0.29) is 18.3 Å². The Bertz CT molecular complexity index is 1380. The van der Waals surface area contributed by atoms with Gasteiger partial charge in [-0.15, -0.1) is 0 Å². The first-order valence-corrected chi connectivity index (χ1v) is 13.5. The number of ether oxygens (including phenoxy) is 1. The molecule has 10 heteroatoms. The van der Waals surface area contributed by atoms with Gasteiger partial charge in [-0.2, -0.15) is 0 Å². The fourth-order valence-electron chi connectivity index (χ4n) is 4.43. The maximum Gasteiger partial charge on any atom is 0.678 e. The molecule has 40 heavy (non-hydrogen) atoms. The zero-order valence-electron chi connectivity index (χ0n) is 22.5. The summed E-state index contributed by atoms with van der Waals surface area (Å²) in [5.41, 5.74) is 4.04. The highest BCUT2D eigenvalue weighted by Crippen LogP contribution is 2.25. The second kappa shape index (κ2) is 14.3. The van der Waals surface area contributed by atoms with E-state index in [1.54, 1.807) is 43.5 Å². The van der Waals surface area contributed by atoms with Crippen molar-refractivity contribution >= 4 is 30.9 Å². The number of H-pyrrole nitrogens is 1. The number of hydrogen-bond donors (Lipinski definition) is 2. The number of unbranched alkanes of at least 4 members (excludes halogenated alkanes) is 2. The van der Waals surface area contributed by atoms with Crippen molar-refractivity contribution in [1.29, 1.82) is 0 Å². The van der Waals surface area contributed by atoms with E-state index in [2.05, 4.69) is 15.3 Å². The Balaban J connectivity index is 1.22. The standard InChI is InChI=1S/C30H33BF2N4O3/c1-22(38)6-3-2-4-18-35-30(39)21-40-27-15-9-23(10-16-27)8-11-24-12-13-25(36-24)20-26-14-17-29(37(26)31(32)33)28-7-5-19-34-28/h5,7,9-10,12-17,19-20,34H,2-4,6,8,11,18,21H2,1H3,(H,35,39)/b25-20-. The minimum absolute atomic E-state index is 0.0507. The number of carbonyl (C=O) groups excluding carboxylic acids is 2. The lowest BCUT2D eigenvalue weighted by molar-refractivity contribution is -0.123. The number of ketones is 1. The molecule has 7 nitrogen and oxygen atoms in total. The number of benzene rings is 1. The zero-order valence-corrected chi connectivity index (χ0v) is 22.5. The van der Waals surface area contributed by atoms with E-state index in [0.717, 1.165) is 41.4 Å². The van der Waals surface area contributed by atoms with Crippen molar-refractivity contribution in [3.05, 3.63) is 83.8 Å². The van der Waals surface area contributed by atoms with Crippen LogP contribution in [0.4, 0.5) is 8.63 Å². The highest BCUT2D eigenvalue weighted by molar-refractivity contribution is 6.42. The number of carbonyl (C=O) groups is 2. The summed E-state index contributed by atoms with van der Waals surface area (Å²) in [6, 6.07) is 14.5. The second-order valence-electron chi connectivity index (χ2n) is 9.68. The first-order valence-electron chi connectivity index (χ1n) is 13.5. The largest absolute Gasteiger partial charge is 0.678 e. The van der Waals surface area contributed by atoms with E-state index < -0.39 is 7.40 Å². The summed E-state index contributed by atoms with van der Waals surface area (Å²) < 4.78 is 34.2. The molecule has 3 aromatic rings. The molecule has 1 aromatic carbocycles. The second-order valence-corrected chi connectivity index (χ2v) is 9.68.